The van der Waals surface area contributed by atoms with E-state index in [0.717, 1.165) is 42.4 Å². The van der Waals surface area contributed by atoms with Crippen LogP contribution in [0.4, 0.5) is 0 Å². The first-order valence-corrected chi connectivity index (χ1v) is 12.6. The quantitative estimate of drug-likeness (QED) is 0.179. The van der Waals surface area contributed by atoms with E-state index >= 15 is 0 Å². The van der Waals surface area contributed by atoms with Crippen molar-refractivity contribution in [2.75, 3.05) is 0 Å². The van der Waals surface area contributed by atoms with E-state index in [9.17, 15) is 9.59 Å². The summed E-state index contributed by atoms with van der Waals surface area (Å²) in [5.41, 5.74) is 4.43. The number of rotatable bonds is 9. The number of benzene rings is 3. The highest BCUT2D eigenvalue weighted by Crippen LogP contribution is 2.24. The Morgan fingerprint density at radius 1 is 0.778 bits per heavy atom. The van der Waals surface area contributed by atoms with Crippen LogP contribution >= 0.6 is 0 Å². The number of hydrogen-bond donors (Lipinski definition) is 0. The fourth-order valence-electron chi connectivity index (χ4n) is 3.85. The first-order chi connectivity index (χ1) is 17.4. The predicted molar refractivity (Wildman–Crippen MR) is 144 cm³/mol. The van der Waals surface area contributed by atoms with E-state index < -0.39 is 5.97 Å². The predicted octanol–water partition coefficient (Wildman–Crippen LogP) is 7.56. The molecule has 0 saturated heterocycles. The van der Waals surface area contributed by atoms with Crippen LogP contribution < -0.4 is 4.74 Å². The van der Waals surface area contributed by atoms with E-state index in [1.54, 1.807) is 24.3 Å². The van der Waals surface area contributed by atoms with Crippen LogP contribution in [0, 0.1) is 11.8 Å². The summed E-state index contributed by atoms with van der Waals surface area (Å²) in [4.78, 5) is 24.6. The molecule has 0 atom stereocenters. The molecular formula is C32H34O4. The molecule has 3 aromatic rings. The van der Waals surface area contributed by atoms with Gasteiger partial charge in [0, 0.05) is 11.5 Å². The molecule has 0 aliphatic rings. The van der Waals surface area contributed by atoms with Crippen LogP contribution in [0.1, 0.15) is 80.8 Å². The molecule has 0 aliphatic carbocycles. The van der Waals surface area contributed by atoms with Crippen molar-refractivity contribution in [2.24, 2.45) is 0 Å². The van der Waals surface area contributed by atoms with E-state index in [1.807, 2.05) is 48.5 Å². The first kappa shape index (κ1) is 26.8. The Morgan fingerprint density at radius 3 is 1.86 bits per heavy atom. The summed E-state index contributed by atoms with van der Waals surface area (Å²) in [5.74, 6) is 5.36. The smallest absolute Gasteiger partial charge is 0.390 e. The van der Waals surface area contributed by atoms with Crippen LogP contribution in [0.15, 0.2) is 72.8 Å². The Balaban J connectivity index is 1.58. The second-order valence-corrected chi connectivity index (χ2v) is 9.12. The first-order valence-electron chi connectivity index (χ1n) is 12.6. The van der Waals surface area contributed by atoms with Crippen molar-refractivity contribution in [1.82, 2.24) is 0 Å². The molecule has 0 spiro atoms. The third-order valence-corrected chi connectivity index (χ3v) is 5.90. The van der Waals surface area contributed by atoms with Crippen LogP contribution in [0.25, 0.3) is 11.1 Å². The maximum Gasteiger partial charge on any atom is 0.390 e. The largest absolute Gasteiger partial charge is 0.459 e. The summed E-state index contributed by atoms with van der Waals surface area (Å²) >= 11 is 0. The van der Waals surface area contributed by atoms with Crippen LogP contribution in [0.5, 0.6) is 5.75 Å². The summed E-state index contributed by atoms with van der Waals surface area (Å²) in [5, 5.41) is 0. The van der Waals surface area contributed by atoms with Crippen molar-refractivity contribution in [1.29, 1.82) is 0 Å². The van der Waals surface area contributed by atoms with Crippen molar-refractivity contribution in [3.8, 4) is 28.7 Å². The fraction of sp³-hybridized carbons (Fsp3) is 0.312. The highest BCUT2D eigenvalue weighted by molar-refractivity contribution is 5.91. The molecule has 0 fully saturated rings. The SMILES string of the molecule is CCCC(CCC)OC(=O)c1ccc(-c2ccc(OC(=O)C#Cc3ccc(C(C)C)cc3)cc2)cc1. The molecule has 0 aromatic heterocycles. The van der Waals surface area contributed by atoms with Gasteiger partial charge in [-0.3, -0.25) is 0 Å². The fourth-order valence-corrected chi connectivity index (χ4v) is 3.85. The molecule has 0 aliphatic heterocycles. The second-order valence-electron chi connectivity index (χ2n) is 9.12. The summed E-state index contributed by atoms with van der Waals surface area (Å²) in [6.07, 6.45) is 3.71. The molecule has 3 rings (SSSR count). The topological polar surface area (TPSA) is 52.6 Å². The van der Waals surface area contributed by atoms with Crippen molar-refractivity contribution in [3.63, 3.8) is 0 Å². The molecule has 0 heterocycles. The lowest BCUT2D eigenvalue weighted by Crippen LogP contribution is -2.18. The standard InChI is InChI=1S/C32H34O4/c1-5-7-29(8-6-2)36-32(34)28-16-14-26(15-17-28)27-18-20-30(21-19-27)35-31(33)22-11-24-9-12-25(13-10-24)23(3)4/h9-10,12-21,23,29H,5-8H2,1-4H3. The Hall–Kier alpha value is -3.84. The molecular weight excluding hydrogens is 448 g/mol. The van der Waals surface area contributed by atoms with Gasteiger partial charge in [0.05, 0.1) is 5.56 Å². The molecule has 0 unspecified atom stereocenters. The van der Waals surface area contributed by atoms with Crippen molar-refractivity contribution >= 4 is 11.9 Å². The van der Waals surface area contributed by atoms with E-state index in [1.165, 1.54) is 5.56 Å². The molecule has 0 bridgehead atoms. The van der Waals surface area contributed by atoms with Gasteiger partial charge in [-0.15, -0.1) is 0 Å². The van der Waals surface area contributed by atoms with Crippen LogP contribution in [-0.2, 0) is 9.53 Å². The van der Waals surface area contributed by atoms with E-state index in [0.29, 0.717) is 17.2 Å². The Morgan fingerprint density at radius 2 is 1.33 bits per heavy atom. The minimum Gasteiger partial charge on any atom is -0.459 e. The highest BCUT2D eigenvalue weighted by Gasteiger charge is 2.15. The third kappa shape index (κ3) is 7.85. The van der Waals surface area contributed by atoms with Gasteiger partial charge in [0.1, 0.15) is 11.9 Å². The van der Waals surface area contributed by atoms with Crippen molar-refractivity contribution in [2.45, 2.75) is 65.4 Å². The average Bonchev–Trinajstić information content (AvgIpc) is 2.88. The number of carbonyl (C=O) groups is 2. The third-order valence-electron chi connectivity index (χ3n) is 5.90. The van der Waals surface area contributed by atoms with Gasteiger partial charge in [0.25, 0.3) is 0 Å². The normalized spacial score (nSPS) is 10.6. The van der Waals surface area contributed by atoms with Gasteiger partial charge < -0.3 is 9.47 Å². The lowest BCUT2D eigenvalue weighted by Gasteiger charge is -2.16. The van der Waals surface area contributed by atoms with Crippen LogP contribution in [0.3, 0.4) is 0 Å². The average molecular weight is 483 g/mol. The number of carbonyl (C=O) groups excluding carboxylic acids is 2. The van der Waals surface area contributed by atoms with E-state index in [2.05, 4.69) is 39.5 Å². The zero-order valence-electron chi connectivity index (χ0n) is 21.5. The van der Waals surface area contributed by atoms with Gasteiger partial charge in [0.15, 0.2) is 0 Å². The second kappa shape index (κ2) is 13.3. The number of ether oxygens (including phenoxy) is 2. The summed E-state index contributed by atoms with van der Waals surface area (Å²) < 4.78 is 11.0. The maximum absolute atomic E-state index is 12.5. The lowest BCUT2D eigenvalue weighted by molar-refractivity contribution is -0.128. The van der Waals surface area contributed by atoms with Crippen molar-refractivity contribution < 1.29 is 19.1 Å². The molecule has 36 heavy (non-hydrogen) atoms. The Bertz CT molecular complexity index is 1190. The van der Waals surface area contributed by atoms with Crippen LogP contribution in [-0.4, -0.2) is 18.0 Å². The van der Waals surface area contributed by atoms with E-state index in [-0.39, 0.29) is 12.1 Å². The molecule has 0 saturated carbocycles. The Labute approximate surface area is 214 Å². The zero-order chi connectivity index (χ0) is 25.9. The molecule has 0 amide bonds. The minimum atomic E-state index is -0.608. The van der Waals surface area contributed by atoms with Crippen molar-refractivity contribution in [3.05, 3.63) is 89.5 Å². The van der Waals surface area contributed by atoms with Crippen LogP contribution in [0.2, 0.25) is 0 Å². The lowest BCUT2D eigenvalue weighted by atomic mass is 10.0. The van der Waals surface area contributed by atoms with Gasteiger partial charge in [-0.05, 0) is 71.8 Å². The van der Waals surface area contributed by atoms with E-state index in [4.69, 9.17) is 9.47 Å². The van der Waals surface area contributed by atoms with Gasteiger partial charge in [-0.25, -0.2) is 9.59 Å². The Kier molecular flexibility index (Phi) is 9.89. The number of hydrogen-bond acceptors (Lipinski definition) is 4. The number of esters is 2. The zero-order valence-corrected chi connectivity index (χ0v) is 21.5. The van der Waals surface area contributed by atoms with Gasteiger partial charge in [-0.2, -0.15) is 0 Å². The summed E-state index contributed by atoms with van der Waals surface area (Å²) in [6, 6.07) is 22.4. The minimum absolute atomic E-state index is 0.0301. The molecule has 0 N–H and O–H groups in total. The molecule has 186 valence electrons. The molecule has 4 nitrogen and oxygen atoms in total. The van der Waals surface area contributed by atoms with Gasteiger partial charge in [-0.1, -0.05) is 82.9 Å². The monoisotopic (exact) mass is 482 g/mol. The summed E-state index contributed by atoms with van der Waals surface area (Å²) in [6.45, 7) is 8.45. The maximum atomic E-state index is 12.5. The molecule has 0 radical (unpaired) electrons. The summed E-state index contributed by atoms with van der Waals surface area (Å²) in [7, 11) is 0. The molecule has 3 aromatic carbocycles. The van der Waals surface area contributed by atoms with Gasteiger partial charge in [0.2, 0.25) is 0 Å². The molecule has 4 heteroatoms. The van der Waals surface area contributed by atoms with Gasteiger partial charge >= 0.3 is 11.9 Å². The highest BCUT2D eigenvalue weighted by atomic mass is 16.5.